The second-order valence-corrected chi connectivity index (χ2v) is 8.39. The number of nitrogens with one attached hydrogen (secondary N) is 2. The number of nitrogens with two attached hydrogens (primary N) is 1. The van der Waals surface area contributed by atoms with Crippen molar-refractivity contribution in [2.75, 3.05) is 16.2 Å². The number of aryl methyl sites for hydroxylation is 1. The molecule has 2 aromatic rings. The summed E-state index contributed by atoms with van der Waals surface area (Å²) in [5, 5.41) is 2.82. The summed E-state index contributed by atoms with van der Waals surface area (Å²) < 4.78 is 4.70. The summed E-state index contributed by atoms with van der Waals surface area (Å²) in [6.45, 7) is 2.16. The Hall–Kier alpha value is -2.48. The molecule has 29 heavy (non-hydrogen) atoms. The number of hydrogen-bond donors (Lipinski definition) is 3. The van der Waals surface area contributed by atoms with Crippen molar-refractivity contribution in [2.24, 2.45) is 5.92 Å². The third-order valence-electron chi connectivity index (χ3n) is 5.26. The molecular formula is C21H29N5O2S. The van der Waals surface area contributed by atoms with E-state index in [1.807, 2.05) is 19.1 Å². The summed E-state index contributed by atoms with van der Waals surface area (Å²) in [6, 6.07) is 7.16. The van der Waals surface area contributed by atoms with Crippen LogP contribution in [0.15, 0.2) is 35.3 Å². The highest BCUT2D eigenvalue weighted by molar-refractivity contribution is 8.00. The molecule has 0 bridgehead atoms. The minimum Gasteiger partial charge on any atom is -0.384 e. The largest absolute Gasteiger partial charge is 0.384 e. The lowest BCUT2D eigenvalue weighted by Gasteiger charge is -2.21. The molecule has 1 aliphatic carbocycles. The number of nitrogens with zero attached hydrogens (tertiary/aromatic N) is 2. The molecule has 156 valence electrons. The highest BCUT2D eigenvalue weighted by Crippen LogP contribution is 2.26. The maximum atomic E-state index is 12.8. The normalized spacial score (nSPS) is 14.5. The van der Waals surface area contributed by atoms with Crippen LogP contribution in [-0.4, -0.2) is 21.2 Å². The molecule has 2 heterocycles. The maximum absolute atomic E-state index is 12.8. The van der Waals surface area contributed by atoms with E-state index in [0.717, 1.165) is 22.9 Å². The molecule has 7 nitrogen and oxygen atoms in total. The van der Waals surface area contributed by atoms with E-state index in [4.69, 9.17) is 5.73 Å². The first kappa shape index (κ1) is 21.2. The maximum Gasteiger partial charge on any atom is 0.275 e. The molecule has 0 aliphatic heterocycles. The molecule has 0 radical (unpaired) electrons. The van der Waals surface area contributed by atoms with Crippen molar-refractivity contribution in [3.8, 4) is 0 Å². The van der Waals surface area contributed by atoms with Crippen molar-refractivity contribution in [1.82, 2.24) is 14.9 Å². The van der Waals surface area contributed by atoms with Crippen LogP contribution in [0.4, 0.5) is 11.5 Å². The zero-order valence-electron chi connectivity index (χ0n) is 16.8. The second kappa shape index (κ2) is 10.3. The van der Waals surface area contributed by atoms with Crippen LogP contribution in [-0.2, 0) is 17.9 Å². The number of hydrogen-bond acceptors (Lipinski definition) is 6. The van der Waals surface area contributed by atoms with E-state index in [1.165, 1.54) is 36.7 Å². The van der Waals surface area contributed by atoms with Crippen molar-refractivity contribution in [3.63, 3.8) is 0 Å². The van der Waals surface area contributed by atoms with E-state index >= 15 is 0 Å². The Morgan fingerprint density at radius 1 is 1.24 bits per heavy atom. The molecule has 1 amide bonds. The molecule has 1 saturated carbocycles. The van der Waals surface area contributed by atoms with Crippen LogP contribution in [0.5, 0.6) is 0 Å². The zero-order valence-corrected chi connectivity index (χ0v) is 17.6. The van der Waals surface area contributed by atoms with Crippen molar-refractivity contribution in [1.29, 1.82) is 0 Å². The van der Waals surface area contributed by atoms with Gasteiger partial charge in [-0.3, -0.25) is 9.59 Å². The average molecular weight is 416 g/mol. The van der Waals surface area contributed by atoms with Gasteiger partial charge in [-0.2, -0.15) is 0 Å². The quantitative estimate of drug-likeness (QED) is 0.573. The standard InChI is InChI=1S/C21H29N5O2S/c1-15-7-9-18(25-29-14-16-5-3-2-4-6-16)21(28)26(15)13-20(27)24-12-17-8-10-19(22)23-11-17/h7-11,16,25H,2-6,12-14H2,1H3,(H2,22,23)(H,24,27). The van der Waals surface area contributed by atoms with Gasteiger partial charge in [0.1, 0.15) is 18.1 Å². The zero-order chi connectivity index (χ0) is 20.6. The van der Waals surface area contributed by atoms with E-state index in [0.29, 0.717) is 18.1 Å². The van der Waals surface area contributed by atoms with Gasteiger partial charge >= 0.3 is 0 Å². The average Bonchev–Trinajstić information content (AvgIpc) is 2.73. The van der Waals surface area contributed by atoms with Gasteiger partial charge in [0.25, 0.3) is 5.56 Å². The van der Waals surface area contributed by atoms with Crippen molar-refractivity contribution in [2.45, 2.75) is 52.1 Å². The van der Waals surface area contributed by atoms with Crippen LogP contribution in [0.3, 0.4) is 0 Å². The van der Waals surface area contributed by atoms with Crippen LogP contribution in [0, 0.1) is 12.8 Å². The number of amides is 1. The summed E-state index contributed by atoms with van der Waals surface area (Å²) in [4.78, 5) is 29.2. The van der Waals surface area contributed by atoms with E-state index in [-0.39, 0.29) is 18.0 Å². The summed E-state index contributed by atoms with van der Waals surface area (Å²) in [5.74, 6) is 1.94. The molecule has 8 heteroatoms. The molecule has 1 aliphatic rings. The Labute approximate surface area is 175 Å². The number of nitrogen functional groups attached to an aromatic ring is 1. The molecule has 0 unspecified atom stereocenters. The van der Waals surface area contributed by atoms with Gasteiger partial charge in [-0.05, 0) is 49.4 Å². The number of pyridine rings is 2. The number of rotatable bonds is 8. The lowest BCUT2D eigenvalue weighted by Crippen LogP contribution is -2.33. The SMILES string of the molecule is Cc1ccc(NSCC2CCCCC2)c(=O)n1CC(=O)NCc1ccc(N)nc1. The molecule has 4 N–H and O–H groups in total. The first-order valence-corrected chi connectivity index (χ1v) is 11.1. The molecule has 0 spiro atoms. The Balaban J connectivity index is 1.55. The van der Waals surface area contributed by atoms with Gasteiger partial charge in [-0.15, -0.1) is 0 Å². The first-order chi connectivity index (χ1) is 14.0. The summed E-state index contributed by atoms with van der Waals surface area (Å²) >= 11 is 1.59. The lowest BCUT2D eigenvalue weighted by molar-refractivity contribution is -0.121. The topological polar surface area (TPSA) is 102 Å². The van der Waals surface area contributed by atoms with Gasteiger partial charge < -0.3 is 20.3 Å². The molecule has 1 fully saturated rings. The van der Waals surface area contributed by atoms with Gasteiger partial charge in [0.15, 0.2) is 0 Å². The van der Waals surface area contributed by atoms with Gasteiger partial charge in [0.2, 0.25) is 5.91 Å². The Kier molecular flexibility index (Phi) is 7.57. The molecule has 0 atom stereocenters. The Morgan fingerprint density at radius 2 is 2.03 bits per heavy atom. The summed E-state index contributed by atoms with van der Waals surface area (Å²) in [7, 11) is 0. The monoisotopic (exact) mass is 415 g/mol. The fraction of sp³-hybridized carbons (Fsp3) is 0.476. The molecule has 3 rings (SSSR count). The Morgan fingerprint density at radius 3 is 2.76 bits per heavy atom. The van der Waals surface area contributed by atoms with E-state index in [9.17, 15) is 9.59 Å². The predicted octanol–water partition coefficient (Wildman–Crippen LogP) is 3.09. The number of carbonyl (C=O) groups is 1. The predicted molar refractivity (Wildman–Crippen MR) is 119 cm³/mol. The van der Waals surface area contributed by atoms with Crippen LogP contribution < -0.4 is 21.3 Å². The fourth-order valence-corrected chi connectivity index (χ4v) is 4.44. The lowest BCUT2D eigenvalue weighted by atomic mass is 9.91. The number of anilines is 2. The highest BCUT2D eigenvalue weighted by Gasteiger charge is 2.14. The summed E-state index contributed by atoms with van der Waals surface area (Å²) in [6.07, 6.45) is 8.14. The van der Waals surface area contributed by atoms with Crippen LogP contribution in [0.2, 0.25) is 0 Å². The molecule has 0 saturated heterocycles. The van der Waals surface area contributed by atoms with E-state index < -0.39 is 0 Å². The molecular weight excluding hydrogens is 386 g/mol. The van der Waals surface area contributed by atoms with Crippen LogP contribution in [0.25, 0.3) is 0 Å². The van der Waals surface area contributed by atoms with Crippen LogP contribution >= 0.6 is 11.9 Å². The smallest absolute Gasteiger partial charge is 0.275 e. The number of aromatic nitrogens is 2. The van der Waals surface area contributed by atoms with Gasteiger partial charge in [-0.25, -0.2) is 4.98 Å². The van der Waals surface area contributed by atoms with Crippen molar-refractivity contribution < 1.29 is 4.79 Å². The van der Waals surface area contributed by atoms with Crippen molar-refractivity contribution in [3.05, 3.63) is 52.1 Å². The third kappa shape index (κ3) is 6.25. The fourth-order valence-electron chi connectivity index (χ4n) is 3.48. The van der Waals surface area contributed by atoms with E-state index in [1.54, 1.807) is 30.3 Å². The van der Waals surface area contributed by atoms with Crippen molar-refractivity contribution >= 4 is 29.4 Å². The minimum absolute atomic E-state index is 0.0180. The van der Waals surface area contributed by atoms with Gasteiger partial charge in [-0.1, -0.05) is 37.3 Å². The first-order valence-electron chi connectivity index (χ1n) is 10.1. The van der Waals surface area contributed by atoms with Gasteiger partial charge in [0.05, 0.1) is 0 Å². The van der Waals surface area contributed by atoms with Gasteiger partial charge in [0, 0.05) is 24.2 Å². The van der Waals surface area contributed by atoms with Crippen LogP contribution in [0.1, 0.15) is 43.4 Å². The number of carbonyl (C=O) groups excluding carboxylic acids is 1. The highest BCUT2D eigenvalue weighted by atomic mass is 32.2. The second-order valence-electron chi connectivity index (χ2n) is 7.56. The molecule has 0 aromatic carbocycles. The third-order valence-corrected chi connectivity index (χ3v) is 6.26. The Bertz CT molecular complexity index is 876. The molecule has 2 aromatic heterocycles. The minimum atomic E-state index is -0.223. The van der Waals surface area contributed by atoms with E-state index in [2.05, 4.69) is 15.0 Å². The summed E-state index contributed by atoms with van der Waals surface area (Å²) in [5.41, 5.74) is 7.51.